The van der Waals surface area contributed by atoms with Gasteiger partial charge in [-0.1, -0.05) is 48.5 Å². The van der Waals surface area contributed by atoms with Crippen LogP contribution in [0.25, 0.3) is 33.0 Å². The molecule has 0 unspecified atom stereocenters. The van der Waals surface area contributed by atoms with Crippen molar-refractivity contribution in [2.75, 3.05) is 12.4 Å². The zero-order valence-electron chi connectivity index (χ0n) is 10.2. The van der Waals surface area contributed by atoms with E-state index in [2.05, 4.69) is 59.9 Å². The summed E-state index contributed by atoms with van der Waals surface area (Å²) in [6.45, 7) is 0. The summed E-state index contributed by atoms with van der Waals surface area (Å²) >= 11 is 0. The van der Waals surface area contributed by atoms with Crippen molar-refractivity contribution < 1.29 is 0 Å². The quantitative estimate of drug-likeness (QED) is 0.507. The molecule has 1 nitrogen and oxygen atoms in total. The van der Waals surface area contributed by atoms with Crippen LogP contribution >= 0.6 is 0 Å². The molecule has 0 radical (unpaired) electrons. The second-order valence-corrected chi connectivity index (χ2v) is 4.68. The Kier molecular flexibility index (Phi) is 1.81. The van der Waals surface area contributed by atoms with Crippen LogP contribution in [0.2, 0.25) is 0 Å². The summed E-state index contributed by atoms with van der Waals surface area (Å²) in [7, 11) is 1.98. The summed E-state index contributed by atoms with van der Waals surface area (Å²) in [5, 5.41) is 5.97. The second kappa shape index (κ2) is 3.36. The van der Waals surface area contributed by atoms with Gasteiger partial charge in [-0.15, -0.1) is 0 Å². The fraction of sp³-hybridized carbons (Fsp3) is 0.0588. The molecule has 3 aromatic carbocycles. The lowest BCUT2D eigenvalue weighted by Crippen LogP contribution is -1.89. The molecule has 86 valence electrons. The van der Waals surface area contributed by atoms with E-state index in [1.54, 1.807) is 0 Å². The number of benzene rings is 3. The van der Waals surface area contributed by atoms with Crippen molar-refractivity contribution in [3.63, 3.8) is 0 Å². The Labute approximate surface area is 106 Å². The van der Waals surface area contributed by atoms with Crippen LogP contribution < -0.4 is 5.32 Å². The molecule has 3 aromatic rings. The smallest absolute Gasteiger partial charge is 0.0417 e. The molecule has 1 N–H and O–H groups in total. The van der Waals surface area contributed by atoms with Crippen molar-refractivity contribution in [3.05, 3.63) is 54.6 Å². The minimum Gasteiger partial charge on any atom is -0.388 e. The lowest BCUT2D eigenvalue weighted by Gasteiger charge is -2.08. The average Bonchev–Trinajstić information content (AvgIpc) is 2.77. The number of hydrogen-bond acceptors (Lipinski definition) is 1. The first kappa shape index (κ1) is 9.72. The number of rotatable bonds is 1. The maximum absolute atomic E-state index is 3.28. The molecule has 1 aliphatic carbocycles. The van der Waals surface area contributed by atoms with Crippen molar-refractivity contribution in [3.8, 4) is 22.3 Å². The van der Waals surface area contributed by atoms with E-state index >= 15 is 0 Å². The zero-order chi connectivity index (χ0) is 12.1. The second-order valence-electron chi connectivity index (χ2n) is 4.68. The standard InChI is InChI=1S/C17H13N/c1-18-16-10-9-14-12-6-3-2-5-11(12)13-7-4-8-15(16)17(13)14/h2-10,18H,1H3. The van der Waals surface area contributed by atoms with E-state index in [0.29, 0.717) is 0 Å². The first-order valence-corrected chi connectivity index (χ1v) is 6.23. The van der Waals surface area contributed by atoms with Gasteiger partial charge in [0.1, 0.15) is 0 Å². The Morgan fingerprint density at radius 2 is 1.33 bits per heavy atom. The normalized spacial score (nSPS) is 11.6. The van der Waals surface area contributed by atoms with Gasteiger partial charge in [0.2, 0.25) is 0 Å². The highest BCUT2D eigenvalue weighted by Crippen LogP contribution is 2.48. The molecule has 0 bridgehead atoms. The predicted octanol–water partition coefficient (Wildman–Crippen LogP) is 4.53. The summed E-state index contributed by atoms with van der Waals surface area (Å²) < 4.78 is 0. The van der Waals surface area contributed by atoms with Gasteiger partial charge in [0.05, 0.1) is 0 Å². The maximum Gasteiger partial charge on any atom is 0.0417 e. The molecule has 0 fully saturated rings. The Balaban J connectivity index is 2.23. The molecule has 1 heteroatoms. The molecule has 0 atom stereocenters. The number of nitrogens with one attached hydrogen (secondary N) is 1. The molecule has 0 heterocycles. The molecule has 1 aliphatic rings. The van der Waals surface area contributed by atoms with E-state index in [1.807, 2.05) is 7.05 Å². The predicted molar refractivity (Wildman–Crippen MR) is 77.9 cm³/mol. The first-order valence-electron chi connectivity index (χ1n) is 6.23. The summed E-state index contributed by atoms with van der Waals surface area (Å²) in [5.74, 6) is 0. The van der Waals surface area contributed by atoms with Crippen LogP contribution in [-0.4, -0.2) is 7.05 Å². The van der Waals surface area contributed by atoms with E-state index in [0.717, 1.165) is 0 Å². The fourth-order valence-corrected chi connectivity index (χ4v) is 3.03. The highest BCUT2D eigenvalue weighted by atomic mass is 14.8. The number of fused-ring (bicyclic) bond motifs is 3. The van der Waals surface area contributed by atoms with Crippen molar-refractivity contribution in [1.29, 1.82) is 0 Å². The molecule has 4 rings (SSSR count). The lowest BCUT2D eigenvalue weighted by atomic mass is 10.0. The Hall–Kier alpha value is -2.28. The SMILES string of the molecule is CNc1ccc2c3c(cccc13)-c1ccccc1-2. The van der Waals surface area contributed by atoms with Crippen molar-refractivity contribution in [2.45, 2.75) is 0 Å². The van der Waals surface area contributed by atoms with Gasteiger partial charge in [-0.05, 0) is 33.7 Å². The van der Waals surface area contributed by atoms with Crippen molar-refractivity contribution in [2.24, 2.45) is 0 Å². The molecule has 0 saturated heterocycles. The number of anilines is 1. The molecule has 18 heavy (non-hydrogen) atoms. The minimum atomic E-state index is 1.20. The third kappa shape index (κ3) is 1.06. The van der Waals surface area contributed by atoms with Gasteiger partial charge in [-0.25, -0.2) is 0 Å². The molecule has 0 amide bonds. The molecular weight excluding hydrogens is 218 g/mol. The van der Waals surface area contributed by atoms with Gasteiger partial charge >= 0.3 is 0 Å². The topological polar surface area (TPSA) is 12.0 Å². The summed E-state index contributed by atoms with van der Waals surface area (Å²) in [5.41, 5.74) is 6.62. The summed E-state index contributed by atoms with van der Waals surface area (Å²) in [6, 6.07) is 19.6. The average molecular weight is 231 g/mol. The van der Waals surface area contributed by atoms with Crippen molar-refractivity contribution in [1.82, 2.24) is 0 Å². The van der Waals surface area contributed by atoms with Crippen LogP contribution in [0.15, 0.2) is 54.6 Å². The largest absolute Gasteiger partial charge is 0.388 e. The van der Waals surface area contributed by atoms with E-state index < -0.39 is 0 Å². The van der Waals surface area contributed by atoms with Crippen LogP contribution in [0.3, 0.4) is 0 Å². The van der Waals surface area contributed by atoms with Gasteiger partial charge in [0, 0.05) is 18.1 Å². The van der Waals surface area contributed by atoms with Crippen LogP contribution in [-0.2, 0) is 0 Å². The fourth-order valence-electron chi connectivity index (χ4n) is 3.03. The summed E-state index contributed by atoms with van der Waals surface area (Å²) in [4.78, 5) is 0. The van der Waals surface area contributed by atoms with E-state index in [9.17, 15) is 0 Å². The minimum absolute atomic E-state index is 1.20. The summed E-state index contributed by atoms with van der Waals surface area (Å²) in [6.07, 6.45) is 0. The van der Waals surface area contributed by atoms with Crippen molar-refractivity contribution >= 4 is 16.5 Å². The van der Waals surface area contributed by atoms with Gasteiger partial charge in [-0.3, -0.25) is 0 Å². The molecule has 0 aromatic heterocycles. The molecule has 0 spiro atoms. The van der Waals surface area contributed by atoms with Gasteiger partial charge in [-0.2, -0.15) is 0 Å². The van der Waals surface area contributed by atoms with Gasteiger partial charge < -0.3 is 5.32 Å². The molecule has 0 saturated carbocycles. The third-order valence-corrected chi connectivity index (χ3v) is 3.82. The first-order chi connectivity index (χ1) is 8.90. The van der Waals surface area contributed by atoms with E-state index in [4.69, 9.17) is 0 Å². The van der Waals surface area contributed by atoms with E-state index in [-0.39, 0.29) is 0 Å². The monoisotopic (exact) mass is 231 g/mol. The van der Waals surface area contributed by atoms with Crippen LogP contribution in [0.4, 0.5) is 5.69 Å². The molecular formula is C17H13N. The van der Waals surface area contributed by atoms with Crippen LogP contribution in [0.5, 0.6) is 0 Å². The molecule has 0 aliphatic heterocycles. The van der Waals surface area contributed by atoms with Crippen LogP contribution in [0, 0.1) is 0 Å². The third-order valence-electron chi connectivity index (χ3n) is 3.82. The maximum atomic E-state index is 3.28. The highest BCUT2D eigenvalue weighted by Gasteiger charge is 2.21. The van der Waals surface area contributed by atoms with Gasteiger partial charge in [0.15, 0.2) is 0 Å². The Morgan fingerprint density at radius 3 is 2.06 bits per heavy atom. The lowest BCUT2D eigenvalue weighted by molar-refractivity contribution is 1.55. The van der Waals surface area contributed by atoms with Crippen LogP contribution in [0.1, 0.15) is 0 Å². The number of hydrogen-bond donors (Lipinski definition) is 1. The highest BCUT2D eigenvalue weighted by molar-refractivity contribution is 6.18. The Morgan fingerprint density at radius 1 is 0.667 bits per heavy atom. The van der Waals surface area contributed by atoms with Gasteiger partial charge in [0.25, 0.3) is 0 Å². The van der Waals surface area contributed by atoms with E-state index in [1.165, 1.54) is 38.7 Å². The zero-order valence-corrected chi connectivity index (χ0v) is 10.2. The Bertz CT molecular complexity index is 742.